The first kappa shape index (κ1) is 28.9. The number of fused-ring (bicyclic) bond motifs is 1. The van der Waals surface area contributed by atoms with Gasteiger partial charge in [-0.3, -0.25) is 4.90 Å². The van der Waals surface area contributed by atoms with Crippen LogP contribution in [0.4, 0.5) is 4.79 Å². The van der Waals surface area contributed by atoms with E-state index >= 15 is 0 Å². The van der Waals surface area contributed by atoms with Crippen LogP contribution in [0.1, 0.15) is 20.8 Å². The zero-order valence-corrected chi connectivity index (χ0v) is 21.6. The quantitative estimate of drug-likeness (QED) is 0.261. The van der Waals surface area contributed by atoms with E-state index in [1.54, 1.807) is 27.9 Å². The Morgan fingerprint density at radius 2 is 1.86 bits per heavy atom. The van der Waals surface area contributed by atoms with E-state index in [9.17, 15) is 9.59 Å². The van der Waals surface area contributed by atoms with Crippen LogP contribution >= 0.6 is 11.9 Å². The van der Waals surface area contributed by atoms with Gasteiger partial charge in [0.25, 0.3) is 0 Å². The Bertz CT molecular complexity index is 990. The molecule has 0 aliphatic carbocycles. The summed E-state index contributed by atoms with van der Waals surface area (Å²) in [6.45, 7) is 8.66. The summed E-state index contributed by atoms with van der Waals surface area (Å²) in [5, 5.41) is 20.2. The third-order valence-corrected chi connectivity index (χ3v) is 6.06. The second-order valence-corrected chi connectivity index (χ2v) is 10.1. The predicted octanol–water partition coefficient (Wildman–Crippen LogP) is 1.68. The van der Waals surface area contributed by atoms with E-state index < -0.39 is 24.0 Å². The number of likely N-dealkylation sites (N-methyl/N-ethyl adjacent to an activating group) is 1. The maximum atomic E-state index is 11.3. The summed E-state index contributed by atoms with van der Waals surface area (Å²) in [4.78, 5) is 29.8. The summed E-state index contributed by atoms with van der Waals surface area (Å²) in [6.07, 6.45) is 1.04. The molecule has 0 spiro atoms. The third kappa shape index (κ3) is 8.97. The van der Waals surface area contributed by atoms with E-state index in [0.717, 1.165) is 31.6 Å². The van der Waals surface area contributed by atoms with Gasteiger partial charge in [0.05, 0.1) is 13.7 Å². The molecule has 2 aromatic rings. The minimum atomic E-state index is -2.91. The van der Waals surface area contributed by atoms with Gasteiger partial charge < -0.3 is 29.4 Å². The predicted molar refractivity (Wildman–Crippen MR) is 135 cm³/mol. The molecular formula is C23H33BN4O6S. The Morgan fingerprint density at radius 3 is 2.40 bits per heavy atom. The highest BCUT2D eigenvalue weighted by Gasteiger charge is 2.33. The molecule has 12 heteroatoms. The lowest BCUT2D eigenvalue weighted by molar-refractivity contribution is -0.186. The van der Waals surface area contributed by atoms with Crippen LogP contribution in [0.5, 0.6) is 5.88 Å². The number of hydrogen-bond acceptors (Lipinski definition) is 10. The zero-order valence-electron chi connectivity index (χ0n) is 20.8. The number of benzene rings is 1. The van der Waals surface area contributed by atoms with Crippen LogP contribution in [0.15, 0.2) is 35.4 Å². The number of aliphatic hydroxyl groups is 2. The number of ether oxygens (including phenoxy) is 2. The van der Waals surface area contributed by atoms with Crippen molar-refractivity contribution in [2.45, 2.75) is 37.1 Å². The van der Waals surface area contributed by atoms with Crippen molar-refractivity contribution in [3.8, 4) is 5.88 Å². The minimum Gasteiger partial charge on any atom is -0.481 e. The smallest absolute Gasteiger partial charge is 0.414 e. The fraction of sp³-hybridized carbons (Fsp3) is 0.522. The highest BCUT2D eigenvalue weighted by atomic mass is 32.2. The number of aldehydes is 1. The maximum absolute atomic E-state index is 11.3. The first-order chi connectivity index (χ1) is 16.4. The first-order valence-corrected chi connectivity index (χ1v) is 11.8. The van der Waals surface area contributed by atoms with E-state index in [-0.39, 0.29) is 0 Å². The number of aromatic nitrogens is 1. The molecule has 0 saturated carbocycles. The topological polar surface area (TPSA) is 116 Å². The highest BCUT2D eigenvalue weighted by molar-refractivity contribution is 7.97. The van der Waals surface area contributed by atoms with Gasteiger partial charge in [-0.15, -0.1) is 0 Å². The van der Waals surface area contributed by atoms with Gasteiger partial charge in [0.2, 0.25) is 5.88 Å². The van der Waals surface area contributed by atoms with Gasteiger partial charge in [-0.2, -0.15) is 0 Å². The van der Waals surface area contributed by atoms with Crippen LogP contribution in [-0.2, 0) is 9.53 Å². The van der Waals surface area contributed by atoms with Crippen LogP contribution in [0, 0.1) is 0 Å². The summed E-state index contributed by atoms with van der Waals surface area (Å²) in [7, 11) is 8.71. The second-order valence-electron chi connectivity index (χ2n) is 8.94. The summed E-state index contributed by atoms with van der Waals surface area (Å²) in [6, 6.07) is 8.38. The number of carbonyl (C=O) groups is 2. The molecule has 1 aliphatic rings. The average molecular weight is 504 g/mol. The number of hydrogen-bond donors (Lipinski definition) is 2. The lowest BCUT2D eigenvalue weighted by atomic mass is 10.0. The Labute approximate surface area is 211 Å². The normalized spacial score (nSPS) is 15.2. The Kier molecular flexibility index (Phi) is 10.3. The molecule has 2 N–H and O–H groups in total. The third-order valence-electron chi connectivity index (χ3n) is 4.88. The van der Waals surface area contributed by atoms with Crippen molar-refractivity contribution in [3.05, 3.63) is 30.5 Å². The average Bonchev–Trinajstić information content (AvgIpc) is 2.77. The van der Waals surface area contributed by atoms with Gasteiger partial charge in [0, 0.05) is 48.0 Å². The molecule has 1 aromatic heterocycles. The van der Waals surface area contributed by atoms with Crippen LogP contribution in [0.3, 0.4) is 0 Å². The Morgan fingerprint density at radius 1 is 1.20 bits per heavy atom. The van der Waals surface area contributed by atoms with E-state index in [1.807, 2.05) is 18.1 Å². The van der Waals surface area contributed by atoms with Crippen molar-refractivity contribution >= 4 is 42.9 Å². The lowest BCUT2D eigenvalue weighted by Gasteiger charge is -2.33. The molecule has 1 amide bonds. The van der Waals surface area contributed by atoms with Gasteiger partial charge in [-0.05, 0) is 58.0 Å². The molecule has 10 nitrogen and oxygen atoms in total. The first-order valence-electron chi connectivity index (χ1n) is 11.1. The fourth-order valence-electron chi connectivity index (χ4n) is 3.15. The second kappa shape index (κ2) is 12.5. The summed E-state index contributed by atoms with van der Waals surface area (Å²) in [5.74, 6) is -2.22. The molecule has 1 aromatic carbocycles. The van der Waals surface area contributed by atoms with Crippen LogP contribution in [0.25, 0.3) is 10.8 Å². The van der Waals surface area contributed by atoms with E-state index in [2.05, 4.69) is 45.5 Å². The largest absolute Gasteiger partial charge is 0.481 e. The molecule has 3 rings (SSSR count). The van der Waals surface area contributed by atoms with E-state index in [0.29, 0.717) is 17.1 Å². The molecule has 2 heterocycles. The Hall–Kier alpha value is -2.38. The number of carbonyl (C=O) groups excluding carboxylic acids is 2. The zero-order chi connectivity index (χ0) is 26.2. The molecule has 190 valence electrons. The van der Waals surface area contributed by atoms with Gasteiger partial charge in [-0.25, -0.2) is 14.1 Å². The summed E-state index contributed by atoms with van der Waals surface area (Å²) in [5.41, 5.74) is -0.816. The number of nitrogens with zero attached hydrogens (tertiary/aromatic N) is 4. The van der Waals surface area contributed by atoms with Crippen molar-refractivity contribution in [1.82, 2.24) is 19.1 Å². The maximum Gasteiger partial charge on any atom is 0.414 e. The van der Waals surface area contributed by atoms with Crippen molar-refractivity contribution < 1.29 is 29.3 Å². The monoisotopic (exact) mass is 504 g/mol. The summed E-state index contributed by atoms with van der Waals surface area (Å²) < 4.78 is 12.6. The molecule has 1 fully saturated rings. The molecule has 1 saturated heterocycles. The van der Waals surface area contributed by atoms with Crippen molar-refractivity contribution in [1.29, 1.82) is 0 Å². The molecule has 0 unspecified atom stereocenters. The fourth-order valence-corrected chi connectivity index (χ4v) is 4.19. The molecule has 2 radical (unpaired) electrons. The number of methoxy groups -OCH3 is 1. The van der Waals surface area contributed by atoms with Crippen molar-refractivity contribution in [2.24, 2.45) is 0 Å². The number of piperazine rings is 1. The van der Waals surface area contributed by atoms with Gasteiger partial charge in [-0.1, -0.05) is 6.07 Å². The highest BCUT2D eigenvalue weighted by Crippen LogP contribution is 2.33. The van der Waals surface area contributed by atoms with Gasteiger partial charge in [0.15, 0.2) is 13.7 Å². The van der Waals surface area contributed by atoms with Crippen molar-refractivity contribution in [2.75, 3.05) is 46.9 Å². The van der Waals surface area contributed by atoms with E-state index in [4.69, 9.17) is 27.5 Å². The number of pyridine rings is 1. The molecule has 0 bridgehead atoms. The van der Waals surface area contributed by atoms with Crippen LogP contribution < -0.4 is 4.74 Å². The minimum absolute atomic E-state index is 0.297. The lowest BCUT2D eigenvalue weighted by Crippen LogP contribution is -2.54. The number of rotatable bonds is 6. The summed E-state index contributed by atoms with van der Waals surface area (Å²) >= 11 is 1.84. The van der Waals surface area contributed by atoms with Gasteiger partial charge in [0.1, 0.15) is 11.9 Å². The SMILES string of the molecule is COc1nccc2c(SN3CCN(C)CC3)cccc12.[B]C(O)(O)N(CC=O)C(=O)OC(C)(C)C. The molecular weight excluding hydrogens is 471 g/mol. The van der Waals surface area contributed by atoms with E-state index in [1.165, 1.54) is 10.3 Å². The van der Waals surface area contributed by atoms with Gasteiger partial charge >= 0.3 is 6.09 Å². The van der Waals surface area contributed by atoms with Crippen LogP contribution in [0.2, 0.25) is 0 Å². The molecule has 1 aliphatic heterocycles. The van der Waals surface area contributed by atoms with Crippen LogP contribution in [-0.4, -0.2) is 108 Å². The number of amides is 1. The molecule has 0 atom stereocenters. The standard InChI is InChI=1S/C15H19N3OS.C8H14BNO5/c1-17-8-10-18(11-9-17)20-14-5-3-4-13-12(14)6-7-16-15(13)19-2;1-7(2,3)15-6(12)10(4-5-11)8(9,13)14/h3-7H,8-11H2,1-2H3;5,13-14H,4H2,1-3H3. The van der Waals surface area contributed by atoms with Crippen molar-refractivity contribution in [3.63, 3.8) is 0 Å². The molecule has 35 heavy (non-hydrogen) atoms. The Balaban J connectivity index is 0.000000260.